The highest BCUT2D eigenvalue weighted by molar-refractivity contribution is 5.96. The van der Waals surface area contributed by atoms with Gasteiger partial charge in [0.05, 0.1) is 12.1 Å². The molecule has 1 aromatic heterocycles. The Balaban J connectivity index is 1.68. The van der Waals surface area contributed by atoms with Gasteiger partial charge in [-0.25, -0.2) is 9.59 Å². The molecule has 0 radical (unpaired) electrons. The summed E-state index contributed by atoms with van der Waals surface area (Å²) in [5.41, 5.74) is 2.27. The molecule has 1 heterocycles. The van der Waals surface area contributed by atoms with Gasteiger partial charge in [0, 0.05) is 5.56 Å². The van der Waals surface area contributed by atoms with E-state index in [0.29, 0.717) is 17.0 Å². The fraction of sp³-hybridized carbons (Fsp3) is 0.111. The van der Waals surface area contributed by atoms with Crippen molar-refractivity contribution < 1.29 is 14.7 Å². The van der Waals surface area contributed by atoms with Crippen molar-refractivity contribution in [3.05, 3.63) is 118 Å². The van der Waals surface area contributed by atoms with Crippen molar-refractivity contribution >= 4 is 18.0 Å². The van der Waals surface area contributed by atoms with E-state index in [1.165, 1.54) is 4.57 Å². The van der Waals surface area contributed by atoms with Crippen LogP contribution in [-0.2, 0) is 6.54 Å². The maximum Gasteiger partial charge on any atom is 0.354 e. The molecular formula is C27H23N3O4. The second-order valence-corrected chi connectivity index (χ2v) is 7.67. The number of rotatable bonds is 7. The van der Waals surface area contributed by atoms with Crippen molar-refractivity contribution in [2.45, 2.75) is 19.9 Å². The van der Waals surface area contributed by atoms with Gasteiger partial charge in [-0.05, 0) is 47.4 Å². The van der Waals surface area contributed by atoms with Crippen LogP contribution in [0.1, 0.15) is 45.4 Å². The lowest BCUT2D eigenvalue weighted by Crippen LogP contribution is -2.30. The maximum absolute atomic E-state index is 13.1. The first kappa shape index (κ1) is 22.7. The summed E-state index contributed by atoms with van der Waals surface area (Å²) in [5, 5.41) is 13.7. The van der Waals surface area contributed by atoms with Crippen LogP contribution in [0.5, 0.6) is 0 Å². The Morgan fingerprint density at radius 1 is 0.941 bits per heavy atom. The summed E-state index contributed by atoms with van der Waals surface area (Å²) in [6.07, 6.45) is 4.36. The Morgan fingerprint density at radius 2 is 1.62 bits per heavy atom. The van der Waals surface area contributed by atoms with Gasteiger partial charge in [-0.2, -0.15) is 0 Å². The molecule has 4 rings (SSSR count). The quantitative estimate of drug-likeness (QED) is 0.442. The summed E-state index contributed by atoms with van der Waals surface area (Å²) in [5.74, 6) is -1.10. The molecule has 34 heavy (non-hydrogen) atoms. The van der Waals surface area contributed by atoms with Crippen molar-refractivity contribution in [3.63, 3.8) is 0 Å². The van der Waals surface area contributed by atoms with Gasteiger partial charge >= 0.3 is 11.7 Å². The van der Waals surface area contributed by atoms with Gasteiger partial charge in [0.15, 0.2) is 5.82 Å². The molecule has 0 aliphatic rings. The molecule has 7 heteroatoms. The molecule has 3 aromatic carbocycles. The molecule has 0 saturated heterocycles. The van der Waals surface area contributed by atoms with Crippen LogP contribution >= 0.6 is 0 Å². The van der Waals surface area contributed by atoms with Crippen molar-refractivity contribution in [2.75, 3.05) is 0 Å². The fourth-order valence-corrected chi connectivity index (χ4v) is 3.64. The summed E-state index contributed by atoms with van der Waals surface area (Å²) in [6.45, 7) is 2.18. The average Bonchev–Trinajstić information content (AvgIpc) is 3.18. The third-order valence-electron chi connectivity index (χ3n) is 5.37. The minimum atomic E-state index is -0.992. The number of nitrogens with zero attached hydrogens (tertiary/aromatic N) is 3. The summed E-state index contributed by atoms with van der Waals surface area (Å²) in [4.78, 5) is 37.5. The molecule has 170 valence electrons. The Bertz CT molecular complexity index is 1410. The molecule has 0 unspecified atom stereocenters. The largest absolute Gasteiger partial charge is 0.478 e. The number of allylic oxidation sites excluding steroid dienone is 1. The van der Waals surface area contributed by atoms with Crippen LogP contribution in [0.2, 0.25) is 0 Å². The van der Waals surface area contributed by atoms with Gasteiger partial charge in [0.25, 0.3) is 5.91 Å². The maximum atomic E-state index is 13.1. The molecule has 0 saturated carbocycles. The van der Waals surface area contributed by atoms with Gasteiger partial charge in [-0.3, -0.25) is 9.36 Å². The van der Waals surface area contributed by atoms with Crippen LogP contribution in [0, 0.1) is 0 Å². The highest BCUT2D eigenvalue weighted by Gasteiger charge is 2.19. The molecule has 0 atom stereocenters. The zero-order valence-electron chi connectivity index (χ0n) is 18.6. The first-order valence-corrected chi connectivity index (χ1v) is 10.9. The van der Waals surface area contributed by atoms with Crippen molar-refractivity contribution in [1.82, 2.24) is 14.3 Å². The lowest BCUT2D eigenvalue weighted by Gasteiger charge is -2.08. The first-order chi connectivity index (χ1) is 16.5. The molecule has 0 fully saturated rings. The van der Waals surface area contributed by atoms with Crippen LogP contribution in [0.25, 0.3) is 17.2 Å². The minimum Gasteiger partial charge on any atom is -0.478 e. The summed E-state index contributed by atoms with van der Waals surface area (Å²) in [6, 6.07) is 22.7. The van der Waals surface area contributed by atoms with Crippen LogP contribution in [0.15, 0.2) is 89.7 Å². The van der Waals surface area contributed by atoms with Crippen LogP contribution in [0.4, 0.5) is 0 Å². The molecule has 7 nitrogen and oxygen atoms in total. The first-order valence-electron chi connectivity index (χ1n) is 10.9. The Kier molecular flexibility index (Phi) is 6.64. The normalized spacial score (nSPS) is 11.1. The van der Waals surface area contributed by atoms with Crippen LogP contribution in [0.3, 0.4) is 0 Å². The van der Waals surface area contributed by atoms with Crippen LogP contribution in [-0.4, -0.2) is 31.3 Å². The zero-order chi connectivity index (χ0) is 24.1. The van der Waals surface area contributed by atoms with Gasteiger partial charge in [0.2, 0.25) is 0 Å². The summed E-state index contributed by atoms with van der Waals surface area (Å²) < 4.78 is 2.34. The Hall–Kier alpha value is -4.52. The third-order valence-corrected chi connectivity index (χ3v) is 5.37. The predicted molar refractivity (Wildman–Crippen MR) is 130 cm³/mol. The molecule has 0 bridgehead atoms. The number of hydrogen-bond acceptors (Lipinski definition) is 4. The molecule has 0 amide bonds. The molecule has 1 N–H and O–H groups in total. The van der Waals surface area contributed by atoms with Crippen molar-refractivity contribution in [3.8, 4) is 11.1 Å². The number of aromatic carboxylic acids is 1. The van der Waals surface area contributed by atoms with E-state index >= 15 is 0 Å². The second kappa shape index (κ2) is 9.95. The van der Waals surface area contributed by atoms with E-state index in [2.05, 4.69) is 5.10 Å². The predicted octanol–water partition coefficient (Wildman–Crippen LogP) is 4.57. The van der Waals surface area contributed by atoms with Crippen molar-refractivity contribution in [2.24, 2.45) is 0 Å². The van der Waals surface area contributed by atoms with Crippen LogP contribution < -0.4 is 5.69 Å². The van der Waals surface area contributed by atoms with E-state index < -0.39 is 17.6 Å². The SMILES string of the molecule is CCC=Cc1nn(C(=O)c2ccccc2)c(=O)n1Cc1ccc(-c2ccccc2C(=O)O)cc1. The summed E-state index contributed by atoms with van der Waals surface area (Å²) >= 11 is 0. The standard InChI is InChI=1S/C27H23N3O4/c1-2-3-13-24-28-30(25(31)21-9-5-4-6-10-21)27(34)29(24)18-19-14-16-20(17-15-19)22-11-7-8-12-23(22)26(32)33/h3-17H,2,18H2,1H3,(H,32,33). The number of aromatic nitrogens is 3. The van der Waals surface area contributed by atoms with E-state index in [9.17, 15) is 19.5 Å². The lowest BCUT2D eigenvalue weighted by atomic mass is 9.99. The highest BCUT2D eigenvalue weighted by Crippen LogP contribution is 2.24. The highest BCUT2D eigenvalue weighted by atomic mass is 16.4. The van der Waals surface area contributed by atoms with Crippen molar-refractivity contribution in [1.29, 1.82) is 0 Å². The summed E-state index contributed by atoms with van der Waals surface area (Å²) in [7, 11) is 0. The smallest absolute Gasteiger partial charge is 0.354 e. The number of carboxylic acids is 1. The Labute approximate surface area is 196 Å². The lowest BCUT2D eigenvalue weighted by molar-refractivity contribution is 0.0697. The Morgan fingerprint density at radius 3 is 2.29 bits per heavy atom. The van der Waals surface area contributed by atoms with Gasteiger partial charge < -0.3 is 5.11 Å². The van der Waals surface area contributed by atoms with E-state index in [4.69, 9.17) is 0 Å². The van der Waals surface area contributed by atoms with E-state index in [1.54, 1.807) is 60.7 Å². The average molecular weight is 453 g/mol. The monoisotopic (exact) mass is 453 g/mol. The minimum absolute atomic E-state index is 0.213. The fourth-order valence-electron chi connectivity index (χ4n) is 3.64. The second-order valence-electron chi connectivity index (χ2n) is 7.67. The van der Waals surface area contributed by atoms with Gasteiger partial charge in [-0.15, -0.1) is 9.78 Å². The molecule has 0 aliphatic heterocycles. The molecular weight excluding hydrogens is 430 g/mol. The molecule has 0 spiro atoms. The molecule has 4 aromatic rings. The zero-order valence-corrected chi connectivity index (χ0v) is 18.6. The van der Waals surface area contributed by atoms with E-state index in [-0.39, 0.29) is 12.1 Å². The number of benzene rings is 3. The molecule has 0 aliphatic carbocycles. The topological polar surface area (TPSA) is 94.2 Å². The number of carbonyl (C=O) groups is 2. The van der Waals surface area contributed by atoms with Gasteiger partial charge in [0.1, 0.15) is 0 Å². The van der Waals surface area contributed by atoms with E-state index in [0.717, 1.165) is 22.2 Å². The van der Waals surface area contributed by atoms with E-state index in [1.807, 2.05) is 37.3 Å². The number of hydrogen-bond donors (Lipinski definition) is 1. The van der Waals surface area contributed by atoms with Gasteiger partial charge in [-0.1, -0.05) is 73.7 Å². The third kappa shape index (κ3) is 4.63. The number of carbonyl (C=O) groups excluding carboxylic acids is 1. The number of carboxylic acid groups (broad SMARTS) is 1.